The number of fused-ring (bicyclic) bond motifs is 4. The summed E-state index contributed by atoms with van der Waals surface area (Å²) in [6.45, 7) is 13.6. The van der Waals surface area contributed by atoms with E-state index in [1.807, 2.05) is 24.3 Å². The molecule has 0 radical (unpaired) electrons. The molecule has 0 heterocycles. The summed E-state index contributed by atoms with van der Waals surface area (Å²) in [4.78, 5) is 0. The van der Waals surface area contributed by atoms with Crippen LogP contribution in [0.2, 0.25) is 5.02 Å². The van der Waals surface area contributed by atoms with Gasteiger partial charge in [-0.05, 0) is 17.4 Å². The Kier molecular flexibility index (Phi) is 13.8. The normalized spacial score (nSPS) is 12.4. The van der Waals surface area contributed by atoms with Crippen LogP contribution in [0.1, 0.15) is 81.3 Å². The Morgan fingerprint density at radius 2 is 1.40 bits per heavy atom. The van der Waals surface area contributed by atoms with Crippen molar-refractivity contribution in [2.75, 3.05) is 0 Å². The predicted molar refractivity (Wildman–Crippen MR) is 191 cm³/mol. The van der Waals surface area contributed by atoms with Crippen molar-refractivity contribution >= 4 is 25.6 Å². The van der Waals surface area contributed by atoms with Crippen molar-refractivity contribution in [1.82, 2.24) is 0 Å². The fourth-order valence-corrected chi connectivity index (χ4v) is 6.61. The molecule has 0 nitrogen and oxygen atoms in total. The van der Waals surface area contributed by atoms with Gasteiger partial charge < -0.3 is 24.8 Å². The van der Waals surface area contributed by atoms with Crippen molar-refractivity contribution in [3.63, 3.8) is 0 Å². The third-order valence-corrected chi connectivity index (χ3v) is 9.93. The quantitative estimate of drug-likeness (QED) is 0.203. The Labute approximate surface area is 314 Å². The van der Waals surface area contributed by atoms with Gasteiger partial charge in [0.15, 0.2) is 0 Å². The standard InChI is InChI=1S/C21H25.C17H11Cl.C5H5.2ClH.Zr/c1-20(2,3)16-9-7-14-11-15-8-10-17(21(4,5)6)13-19(15)18(14)12-16;18-16-10-8-13(9-11-16)12-15-6-3-5-14-4-1-2-7-17(14)15;1-2-4-5-3-1;;;/h7,9-10,12-13H,11H2,1-6H3;1-11H;1-3H,4H2;2*1H;/q-1;;-1;;;+2/p-2. The molecule has 0 aromatic heterocycles. The average molecular weight is 755 g/mol. The summed E-state index contributed by atoms with van der Waals surface area (Å²) in [5, 5.41) is 3.38. The van der Waals surface area contributed by atoms with Crippen LogP contribution in [0.15, 0.2) is 115 Å². The molecular formula is C43H41Cl3Zr-2. The molecule has 7 rings (SSSR count). The van der Waals surface area contributed by atoms with Gasteiger partial charge in [-0.1, -0.05) is 76.3 Å². The van der Waals surface area contributed by atoms with Crippen molar-refractivity contribution in [3.05, 3.63) is 166 Å². The summed E-state index contributed by atoms with van der Waals surface area (Å²) in [5.41, 5.74) is 11.3. The first kappa shape index (κ1) is 38.9. The van der Waals surface area contributed by atoms with Gasteiger partial charge in [0.2, 0.25) is 0 Å². The van der Waals surface area contributed by atoms with Gasteiger partial charge in [-0.2, -0.15) is 35.4 Å². The van der Waals surface area contributed by atoms with E-state index in [4.69, 9.17) is 11.6 Å². The number of benzene rings is 5. The van der Waals surface area contributed by atoms with E-state index in [0.717, 1.165) is 17.9 Å². The van der Waals surface area contributed by atoms with Crippen molar-refractivity contribution in [2.24, 2.45) is 0 Å². The maximum absolute atomic E-state index is 5.96. The molecule has 5 aromatic rings. The van der Waals surface area contributed by atoms with Gasteiger partial charge in [-0.3, -0.25) is 6.08 Å². The molecule has 0 amide bonds. The summed E-state index contributed by atoms with van der Waals surface area (Å²) >= 11 is 7.37. The molecule has 0 saturated heterocycles. The minimum atomic E-state index is 0. The molecule has 0 fully saturated rings. The fraction of sp³-hybridized carbons (Fsp3) is 0.233. The zero-order chi connectivity index (χ0) is 32.2. The van der Waals surface area contributed by atoms with Crippen molar-refractivity contribution < 1.29 is 49.0 Å². The van der Waals surface area contributed by atoms with E-state index in [-0.39, 0.29) is 35.6 Å². The van der Waals surface area contributed by atoms with Crippen molar-refractivity contribution in [3.8, 4) is 11.1 Å². The van der Waals surface area contributed by atoms with Gasteiger partial charge in [0.05, 0.1) is 0 Å². The molecule has 47 heavy (non-hydrogen) atoms. The number of hydrogen-bond donors (Lipinski definition) is 0. The molecule has 0 N–H and O–H groups in total. The largest absolute Gasteiger partial charge is 1.00 e. The minimum Gasteiger partial charge on any atom is -1.00 e. The number of halogens is 3. The van der Waals surface area contributed by atoms with Crippen molar-refractivity contribution in [2.45, 2.75) is 65.2 Å². The van der Waals surface area contributed by atoms with E-state index in [1.54, 1.807) is 0 Å². The first-order valence-electron chi connectivity index (χ1n) is 15.6. The SMILES string of the molecule is CC(C)(C)c1c[c-]c2c(c1)-c1cc(C(C)(C)C)ccc1C2.Clc1ccc([C](=[Zr+2])c2cccc3ccccc23)cc1.[C-]1=CC=CC1.[Cl-].[Cl-]. The molecule has 5 aromatic carbocycles. The monoisotopic (exact) mass is 752 g/mol. The second-order valence-electron chi connectivity index (χ2n) is 13.7. The van der Waals surface area contributed by atoms with Gasteiger partial charge in [-0.25, -0.2) is 12.2 Å². The summed E-state index contributed by atoms with van der Waals surface area (Å²) in [5.74, 6) is 0. The van der Waals surface area contributed by atoms with Gasteiger partial charge in [0.25, 0.3) is 0 Å². The van der Waals surface area contributed by atoms with Crippen LogP contribution in [0, 0.1) is 12.1 Å². The Hall–Kier alpha value is -2.54. The number of hydrogen-bond acceptors (Lipinski definition) is 0. The fourth-order valence-electron chi connectivity index (χ4n) is 5.54. The maximum atomic E-state index is 5.96. The zero-order valence-corrected chi connectivity index (χ0v) is 32.7. The molecule has 240 valence electrons. The van der Waals surface area contributed by atoms with E-state index in [1.165, 1.54) is 82.7 Å². The molecule has 0 spiro atoms. The molecule has 0 bridgehead atoms. The van der Waals surface area contributed by atoms with Crippen LogP contribution in [0.3, 0.4) is 0 Å². The minimum absolute atomic E-state index is 0. The Morgan fingerprint density at radius 3 is 2.02 bits per heavy atom. The third kappa shape index (κ3) is 9.77. The smallest absolute Gasteiger partial charge is 0.109 e. The average Bonchev–Trinajstić information content (AvgIpc) is 3.72. The molecule has 0 saturated carbocycles. The van der Waals surface area contributed by atoms with E-state index in [9.17, 15) is 0 Å². The van der Waals surface area contributed by atoms with E-state index >= 15 is 0 Å². The van der Waals surface area contributed by atoms with Crippen LogP contribution >= 0.6 is 11.6 Å². The summed E-state index contributed by atoms with van der Waals surface area (Å²) in [6, 6.07) is 38.1. The van der Waals surface area contributed by atoms with Crippen LogP contribution in [0.25, 0.3) is 21.9 Å². The first-order chi connectivity index (χ1) is 21.4. The molecule has 4 heteroatoms. The van der Waals surface area contributed by atoms with Crippen LogP contribution in [-0.4, -0.2) is 3.21 Å². The first-order valence-corrected chi connectivity index (χ1v) is 17.3. The third-order valence-electron chi connectivity index (χ3n) is 8.30. The van der Waals surface area contributed by atoms with Crippen LogP contribution < -0.4 is 24.8 Å². The zero-order valence-electron chi connectivity index (χ0n) is 28.0. The van der Waals surface area contributed by atoms with Crippen LogP contribution in [0.4, 0.5) is 0 Å². The van der Waals surface area contributed by atoms with Gasteiger partial charge in [-0.15, -0.1) is 12.0 Å². The van der Waals surface area contributed by atoms with Crippen LogP contribution in [-0.2, 0) is 41.5 Å². The van der Waals surface area contributed by atoms with Gasteiger partial charge in [0, 0.05) is 0 Å². The molecule has 2 aliphatic carbocycles. The molecule has 0 unspecified atom stereocenters. The molecular weight excluding hydrogens is 714 g/mol. The van der Waals surface area contributed by atoms with E-state index < -0.39 is 0 Å². The summed E-state index contributed by atoms with van der Waals surface area (Å²) in [7, 11) is 0. The number of allylic oxidation sites excluding steroid dienone is 4. The van der Waals surface area contributed by atoms with E-state index in [0.29, 0.717) is 0 Å². The second-order valence-corrected chi connectivity index (χ2v) is 15.4. The molecule has 0 aliphatic heterocycles. The van der Waals surface area contributed by atoms with Gasteiger partial charge in [0.1, 0.15) is 0 Å². The van der Waals surface area contributed by atoms with Crippen molar-refractivity contribution in [1.29, 1.82) is 0 Å². The second kappa shape index (κ2) is 16.7. The van der Waals surface area contributed by atoms with Crippen LogP contribution in [0.5, 0.6) is 0 Å². The topological polar surface area (TPSA) is 0 Å². The maximum Gasteiger partial charge on any atom is -0.109 e. The Balaban J connectivity index is 0.000000215. The predicted octanol–water partition coefficient (Wildman–Crippen LogP) is 5.58. The summed E-state index contributed by atoms with van der Waals surface area (Å²) in [6.07, 6.45) is 11.0. The van der Waals surface area contributed by atoms with E-state index in [2.05, 4.69) is 145 Å². The molecule has 0 atom stereocenters. The van der Waals surface area contributed by atoms with Gasteiger partial charge >= 0.3 is 133 Å². The Morgan fingerprint density at radius 1 is 0.745 bits per heavy atom. The summed E-state index contributed by atoms with van der Waals surface area (Å²) < 4.78 is 1.36. The Bertz CT molecular complexity index is 1810. The number of rotatable bonds is 2. The molecule has 2 aliphatic rings.